The molecule has 0 spiro atoms. The molecule has 1 aliphatic heterocycles. The van der Waals surface area contributed by atoms with Gasteiger partial charge in [-0.3, -0.25) is 14.4 Å². The van der Waals surface area contributed by atoms with Gasteiger partial charge in [-0.25, -0.2) is 9.49 Å². The van der Waals surface area contributed by atoms with Crippen LogP contribution in [0.3, 0.4) is 0 Å². The minimum Gasteiger partial charge on any atom is -0.339 e. The second-order valence-corrected chi connectivity index (χ2v) is 8.39. The molecule has 8 heteroatoms. The van der Waals surface area contributed by atoms with Gasteiger partial charge >= 0.3 is 0 Å². The lowest BCUT2D eigenvalue weighted by atomic mass is 10.0. The summed E-state index contributed by atoms with van der Waals surface area (Å²) in [6, 6.07) is 11.8. The summed E-state index contributed by atoms with van der Waals surface area (Å²) >= 11 is 0. The van der Waals surface area contributed by atoms with Gasteiger partial charge in [-0.15, -0.1) is 0 Å². The molecule has 2 fully saturated rings. The van der Waals surface area contributed by atoms with Crippen LogP contribution >= 0.6 is 0 Å². The number of H-pyrrole nitrogens is 1. The van der Waals surface area contributed by atoms with E-state index in [4.69, 9.17) is 0 Å². The summed E-state index contributed by atoms with van der Waals surface area (Å²) in [5.41, 5.74) is 0.588. The normalized spacial score (nSPS) is 16.4. The van der Waals surface area contributed by atoms with Crippen LogP contribution in [0, 0.1) is 11.7 Å². The summed E-state index contributed by atoms with van der Waals surface area (Å²) in [7, 11) is 0. The van der Waals surface area contributed by atoms with E-state index in [1.54, 1.807) is 46.2 Å². The van der Waals surface area contributed by atoms with Crippen molar-refractivity contribution in [2.24, 2.45) is 5.92 Å². The van der Waals surface area contributed by atoms with Crippen molar-refractivity contribution in [3.8, 4) is 0 Å². The van der Waals surface area contributed by atoms with Gasteiger partial charge in [0.1, 0.15) is 5.82 Å². The monoisotopic (exact) mass is 434 g/mol. The lowest BCUT2D eigenvalue weighted by Crippen LogP contribution is -2.51. The third kappa shape index (κ3) is 3.77. The summed E-state index contributed by atoms with van der Waals surface area (Å²) in [5.74, 6) is -0.622. The molecule has 1 saturated carbocycles. The van der Waals surface area contributed by atoms with Crippen molar-refractivity contribution in [3.63, 3.8) is 0 Å². The van der Waals surface area contributed by atoms with Crippen LogP contribution < -0.4 is 5.56 Å². The molecule has 0 bridgehead atoms. The molecule has 3 aromatic rings. The Morgan fingerprint density at radius 1 is 0.969 bits per heavy atom. The Morgan fingerprint density at radius 3 is 2.38 bits per heavy atom. The zero-order chi connectivity index (χ0) is 22.2. The molecule has 2 amide bonds. The van der Waals surface area contributed by atoms with E-state index in [2.05, 4.69) is 10.2 Å². The lowest BCUT2D eigenvalue weighted by Gasteiger charge is -2.35. The lowest BCUT2D eigenvalue weighted by molar-refractivity contribution is -0.134. The maximum absolute atomic E-state index is 15.4. The van der Waals surface area contributed by atoms with Crippen molar-refractivity contribution in [2.75, 3.05) is 26.2 Å². The number of nitrogens with one attached hydrogen (secondary N) is 1. The van der Waals surface area contributed by atoms with Crippen molar-refractivity contribution < 1.29 is 14.0 Å². The minimum atomic E-state index is -0.578. The average molecular weight is 434 g/mol. The summed E-state index contributed by atoms with van der Waals surface area (Å²) in [5, 5.41) is 7.72. The van der Waals surface area contributed by atoms with Crippen LogP contribution in [0.15, 0.2) is 47.3 Å². The number of fused-ring (bicyclic) bond motifs is 1. The van der Waals surface area contributed by atoms with Crippen LogP contribution in [-0.2, 0) is 11.2 Å². The highest BCUT2D eigenvalue weighted by Crippen LogP contribution is 2.31. The Labute approximate surface area is 183 Å². The van der Waals surface area contributed by atoms with Crippen LogP contribution in [0.4, 0.5) is 4.39 Å². The quantitative estimate of drug-likeness (QED) is 0.683. The van der Waals surface area contributed by atoms with Crippen molar-refractivity contribution >= 4 is 22.6 Å². The fourth-order valence-corrected chi connectivity index (χ4v) is 4.26. The third-order valence-corrected chi connectivity index (χ3v) is 6.25. The van der Waals surface area contributed by atoms with Gasteiger partial charge in [0.15, 0.2) is 0 Å². The van der Waals surface area contributed by atoms with Crippen LogP contribution in [0.25, 0.3) is 10.8 Å². The Balaban J connectivity index is 1.35. The van der Waals surface area contributed by atoms with E-state index in [9.17, 15) is 14.4 Å². The molecule has 0 unspecified atom stereocenters. The first-order valence-corrected chi connectivity index (χ1v) is 10.8. The number of hydrogen-bond donors (Lipinski definition) is 1. The highest BCUT2D eigenvalue weighted by atomic mass is 19.1. The van der Waals surface area contributed by atoms with Crippen LogP contribution in [0.5, 0.6) is 0 Å². The summed E-state index contributed by atoms with van der Waals surface area (Å²) in [4.78, 5) is 40.7. The Kier molecular flexibility index (Phi) is 5.20. The topological polar surface area (TPSA) is 86.4 Å². The van der Waals surface area contributed by atoms with E-state index in [1.165, 1.54) is 6.07 Å². The molecule has 164 valence electrons. The number of carbonyl (C=O) groups excluding carboxylic acids is 2. The van der Waals surface area contributed by atoms with Crippen LogP contribution in [-0.4, -0.2) is 58.0 Å². The molecule has 7 nitrogen and oxygen atoms in total. The number of rotatable bonds is 4. The van der Waals surface area contributed by atoms with E-state index in [0.717, 1.165) is 12.8 Å². The molecule has 1 aliphatic carbocycles. The first-order chi connectivity index (χ1) is 15.5. The average Bonchev–Trinajstić information content (AvgIpc) is 3.67. The molecule has 2 heterocycles. The smallest absolute Gasteiger partial charge is 0.272 e. The Hall–Kier alpha value is -3.55. The van der Waals surface area contributed by atoms with Crippen LogP contribution in [0.1, 0.15) is 34.5 Å². The van der Waals surface area contributed by atoms with Gasteiger partial charge in [-0.2, -0.15) is 5.10 Å². The number of benzene rings is 2. The summed E-state index contributed by atoms with van der Waals surface area (Å²) in [6.45, 7) is 1.76. The number of aromatic nitrogens is 2. The van der Waals surface area contributed by atoms with Gasteiger partial charge in [0.2, 0.25) is 5.91 Å². The summed E-state index contributed by atoms with van der Waals surface area (Å²) < 4.78 is 15.4. The van der Waals surface area contributed by atoms with Gasteiger partial charge in [-0.05, 0) is 30.5 Å². The maximum atomic E-state index is 15.4. The number of nitrogens with zero attached hydrogens (tertiary/aromatic N) is 3. The zero-order valence-corrected chi connectivity index (χ0v) is 17.5. The SMILES string of the molecule is O=C(c1cccc(Cc2n[nH]c(=O)c3ccccc23)c1F)N1CCN(C(=O)C2CC2)CC1. The van der Waals surface area contributed by atoms with Gasteiger partial charge in [0.25, 0.3) is 11.5 Å². The van der Waals surface area contributed by atoms with E-state index in [0.29, 0.717) is 48.2 Å². The van der Waals surface area contributed by atoms with E-state index in [1.807, 2.05) is 0 Å². The molecule has 0 radical (unpaired) electrons. The molecule has 1 saturated heterocycles. The fourth-order valence-electron chi connectivity index (χ4n) is 4.26. The first-order valence-electron chi connectivity index (χ1n) is 10.8. The van der Waals surface area contributed by atoms with Crippen molar-refractivity contribution in [1.29, 1.82) is 0 Å². The van der Waals surface area contributed by atoms with Gasteiger partial charge in [0.05, 0.1) is 16.6 Å². The van der Waals surface area contributed by atoms with Crippen molar-refractivity contribution in [2.45, 2.75) is 19.3 Å². The first kappa shape index (κ1) is 20.4. The Morgan fingerprint density at radius 2 is 1.66 bits per heavy atom. The third-order valence-electron chi connectivity index (χ3n) is 6.25. The minimum absolute atomic E-state index is 0.0122. The number of carbonyl (C=O) groups is 2. The largest absolute Gasteiger partial charge is 0.339 e. The molecule has 2 aromatic carbocycles. The number of hydrogen-bond acceptors (Lipinski definition) is 4. The Bertz CT molecular complexity index is 1260. The molecular formula is C24H23FN4O3. The number of amides is 2. The fraction of sp³-hybridized carbons (Fsp3) is 0.333. The highest BCUT2D eigenvalue weighted by Gasteiger charge is 2.35. The molecule has 2 aliphatic rings. The highest BCUT2D eigenvalue weighted by molar-refractivity contribution is 5.95. The standard InChI is InChI=1S/C24H23FN4O3/c25-21-16(14-20-17-5-1-2-6-18(17)22(30)27-26-20)4-3-7-19(21)24(32)29-12-10-28(11-13-29)23(31)15-8-9-15/h1-7,15H,8-14H2,(H,27,30). The van der Waals surface area contributed by atoms with E-state index in [-0.39, 0.29) is 35.3 Å². The predicted octanol–water partition coefficient (Wildman–Crippen LogP) is 2.35. The number of aromatic amines is 1. The number of piperazine rings is 1. The van der Waals surface area contributed by atoms with Crippen LogP contribution in [0.2, 0.25) is 0 Å². The van der Waals surface area contributed by atoms with Gasteiger partial charge < -0.3 is 9.80 Å². The predicted molar refractivity (Wildman–Crippen MR) is 117 cm³/mol. The second kappa shape index (κ2) is 8.18. The molecule has 1 N–H and O–H groups in total. The number of halogens is 1. The van der Waals surface area contributed by atoms with Crippen molar-refractivity contribution in [1.82, 2.24) is 20.0 Å². The van der Waals surface area contributed by atoms with E-state index < -0.39 is 5.82 Å². The molecule has 5 rings (SSSR count). The maximum Gasteiger partial charge on any atom is 0.272 e. The molecule has 1 aromatic heterocycles. The molecule has 32 heavy (non-hydrogen) atoms. The van der Waals surface area contributed by atoms with Gasteiger partial charge in [0, 0.05) is 43.9 Å². The molecule has 0 atom stereocenters. The summed E-state index contributed by atoms with van der Waals surface area (Å²) in [6.07, 6.45) is 2.05. The molecular weight excluding hydrogens is 411 g/mol. The van der Waals surface area contributed by atoms with Gasteiger partial charge in [-0.1, -0.05) is 30.3 Å². The van der Waals surface area contributed by atoms with E-state index >= 15 is 4.39 Å². The zero-order valence-electron chi connectivity index (χ0n) is 17.5. The van der Waals surface area contributed by atoms with Crippen molar-refractivity contribution in [3.05, 3.63) is 75.5 Å². The second-order valence-electron chi connectivity index (χ2n) is 8.39.